The van der Waals surface area contributed by atoms with Crippen LogP contribution in [0, 0.1) is 0 Å². The molecule has 1 N–H and O–H groups in total. The lowest BCUT2D eigenvalue weighted by atomic mass is 10.0. The van der Waals surface area contributed by atoms with E-state index in [-0.39, 0.29) is 18.4 Å². The van der Waals surface area contributed by atoms with Gasteiger partial charge in [-0.2, -0.15) is 0 Å². The molecule has 0 bridgehead atoms. The van der Waals surface area contributed by atoms with E-state index in [1.165, 1.54) is 13.2 Å². The number of esters is 1. The van der Waals surface area contributed by atoms with Crippen LogP contribution in [-0.4, -0.2) is 39.2 Å². The monoisotopic (exact) mass is 383 g/mol. The van der Waals surface area contributed by atoms with Gasteiger partial charge in [-0.05, 0) is 29.7 Å². The zero-order chi connectivity index (χ0) is 20.4. The van der Waals surface area contributed by atoms with Crippen molar-refractivity contribution in [1.82, 2.24) is 5.32 Å². The SMILES string of the molecule is COc1ccc(/C=C/C(=O)OCC(=O)NC[C@@H](C)c2ccccc2)c(OC)c1. The summed E-state index contributed by atoms with van der Waals surface area (Å²) in [6.45, 7) is 2.16. The lowest BCUT2D eigenvalue weighted by Gasteiger charge is -2.12. The highest BCUT2D eigenvalue weighted by molar-refractivity contribution is 5.89. The molecular weight excluding hydrogens is 358 g/mol. The standard InChI is InChI=1S/C22H25NO5/c1-16(17-7-5-4-6-8-17)14-23-21(24)15-28-22(25)12-10-18-9-11-19(26-2)13-20(18)27-3/h4-13,16H,14-15H2,1-3H3,(H,23,24)/b12-10+/t16-/m1/s1. The number of amides is 1. The van der Waals surface area contributed by atoms with Crippen molar-refractivity contribution >= 4 is 18.0 Å². The minimum absolute atomic E-state index is 0.170. The van der Waals surface area contributed by atoms with Gasteiger partial charge in [0.25, 0.3) is 5.91 Å². The molecule has 0 heterocycles. The average Bonchev–Trinajstić information content (AvgIpc) is 2.74. The van der Waals surface area contributed by atoms with Gasteiger partial charge in [0.05, 0.1) is 14.2 Å². The van der Waals surface area contributed by atoms with E-state index in [1.807, 2.05) is 37.3 Å². The van der Waals surface area contributed by atoms with Crippen molar-refractivity contribution in [2.75, 3.05) is 27.4 Å². The first-order valence-electron chi connectivity index (χ1n) is 8.92. The molecule has 2 rings (SSSR count). The Bertz CT molecular complexity index is 817. The summed E-state index contributed by atoms with van der Waals surface area (Å²) >= 11 is 0. The first-order valence-corrected chi connectivity index (χ1v) is 8.92. The van der Waals surface area contributed by atoms with E-state index in [2.05, 4.69) is 5.32 Å². The quantitative estimate of drug-likeness (QED) is 0.532. The van der Waals surface area contributed by atoms with Crippen LogP contribution in [0.5, 0.6) is 11.5 Å². The van der Waals surface area contributed by atoms with E-state index in [0.717, 1.165) is 5.56 Å². The molecule has 0 aliphatic heterocycles. The Labute approximate surface area is 165 Å². The van der Waals surface area contributed by atoms with Crippen LogP contribution in [-0.2, 0) is 14.3 Å². The van der Waals surface area contributed by atoms with Crippen LogP contribution in [0.1, 0.15) is 24.0 Å². The van der Waals surface area contributed by atoms with Gasteiger partial charge in [0.2, 0.25) is 0 Å². The smallest absolute Gasteiger partial charge is 0.331 e. The first kappa shape index (κ1) is 21.0. The van der Waals surface area contributed by atoms with Crippen molar-refractivity contribution in [1.29, 1.82) is 0 Å². The highest BCUT2D eigenvalue weighted by atomic mass is 16.5. The first-order chi connectivity index (χ1) is 13.5. The summed E-state index contributed by atoms with van der Waals surface area (Å²) in [5, 5.41) is 2.77. The molecule has 0 aliphatic rings. The number of ether oxygens (including phenoxy) is 3. The second kappa shape index (κ2) is 10.8. The highest BCUT2D eigenvalue weighted by Gasteiger charge is 2.09. The number of rotatable bonds is 9. The number of benzene rings is 2. The van der Waals surface area contributed by atoms with Gasteiger partial charge in [0.1, 0.15) is 11.5 Å². The number of hydrogen-bond donors (Lipinski definition) is 1. The molecule has 28 heavy (non-hydrogen) atoms. The van der Waals surface area contributed by atoms with Gasteiger partial charge in [-0.1, -0.05) is 37.3 Å². The van der Waals surface area contributed by atoms with Crippen molar-refractivity contribution in [2.24, 2.45) is 0 Å². The second-order valence-electron chi connectivity index (χ2n) is 6.16. The highest BCUT2D eigenvalue weighted by Crippen LogP contribution is 2.25. The number of methoxy groups -OCH3 is 2. The van der Waals surface area contributed by atoms with E-state index in [9.17, 15) is 9.59 Å². The summed E-state index contributed by atoms with van der Waals surface area (Å²) in [6.07, 6.45) is 2.82. The molecule has 2 aromatic rings. The molecule has 2 aromatic carbocycles. The predicted octanol–water partition coefficient (Wildman–Crippen LogP) is 3.18. The van der Waals surface area contributed by atoms with Gasteiger partial charge >= 0.3 is 5.97 Å². The van der Waals surface area contributed by atoms with Gasteiger partial charge in [0.15, 0.2) is 6.61 Å². The molecule has 0 saturated heterocycles. The molecular formula is C22H25NO5. The van der Waals surface area contributed by atoms with Gasteiger partial charge < -0.3 is 19.5 Å². The second-order valence-corrected chi connectivity index (χ2v) is 6.16. The zero-order valence-electron chi connectivity index (χ0n) is 16.3. The minimum atomic E-state index is -0.607. The normalized spacial score (nSPS) is 11.7. The maximum absolute atomic E-state index is 11.9. The summed E-state index contributed by atoms with van der Waals surface area (Å²) in [5.74, 6) is 0.438. The van der Waals surface area contributed by atoms with Crippen molar-refractivity contribution in [3.8, 4) is 11.5 Å². The molecule has 0 saturated carbocycles. The van der Waals surface area contributed by atoms with E-state index >= 15 is 0 Å². The molecule has 0 aliphatic carbocycles. The fraction of sp³-hybridized carbons (Fsp3) is 0.273. The minimum Gasteiger partial charge on any atom is -0.497 e. The van der Waals surface area contributed by atoms with Gasteiger partial charge in [-0.15, -0.1) is 0 Å². The Balaban J connectivity index is 1.79. The largest absolute Gasteiger partial charge is 0.497 e. The Hall–Kier alpha value is -3.28. The summed E-state index contributed by atoms with van der Waals surface area (Å²) in [5.41, 5.74) is 1.83. The lowest BCUT2D eigenvalue weighted by molar-refractivity contribution is -0.143. The van der Waals surface area contributed by atoms with Gasteiger partial charge in [-0.3, -0.25) is 4.79 Å². The van der Waals surface area contributed by atoms with E-state index < -0.39 is 5.97 Å². The Kier molecular flexibility index (Phi) is 8.09. The predicted molar refractivity (Wildman–Crippen MR) is 107 cm³/mol. The third-order valence-electron chi connectivity index (χ3n) is 4.16. The number of carbonyl (C=O) groups is 2. The maximum atomic E-state index is 11.9. The summed E-state index contributed by atoms with van der Waals surface area (Å²) < 4.78 is 15.4. The molecule has 148 valence electrons. The van der Waals surface area contributed by atoms with E-state index in [4.69, 9.17) is 14.2 Å². The molecule has 0 unspecified atom stereocenters. The van der Waals surface area contributed by atoms with E-state index in [1.54, 1.807) is 31.4 Å². The molecule has 0 fully saturated rings. The Morgan fingerprint density at radius 2 is 1.82 bits per heavy atom. The molecule has 0 radical (unpaired) electrons. The fourth-order valence-electron chi connectivity index (χ4n) is 2.52. The average molecular weight is 383 g/mol. The molecule has 0 spiro atoms. The Morgan fingerprint density at radius 3 is 2.50 bits per heavy atom. The molecule has 1 amide bonds. The summed E-state index contributed by atoms with van der Waals surface area (Å²) in [7, 11) is 3.10. The van der Waals surface area contributed by atoms with Crippen LogP contribution in [0.3, 0.4) is 0 Å². The van der Waals surface area contributed by atoms with Crippen LogP contribution in [0.2, 0.25) is 0 Å². The van der Waals surface area contributed by atoms with Crippen molar-refractivity contribution in [3.05, 3.63) is 65.7 Å². The van der Waals surface area contributed by atoms with E-state index in [0.29, 0.717) is 23.6 Å². The van der Waals surface area contributed by atoms with Crippen molar-refractivity contribution < 1.29 is 23.8 Å². The zero-order valence-corrected chi connectivity index (χ0v) is 16.3. The number of nitrogens with one attached hydrogen (secondary N) is 1. The molecule has 6 heteroatoms. The molecule has 6 nitrogen and oxygen atoms in total. The number of carbonyl (C=O) groups excluding carboxylic acids is 2. The summed E-state index contributed by atoms with van der Waals surface area (Å²) in [4.78, 5) is 23.7. The Morgan fingerprint density at radius 1 is 1.07 bits per heavy atom. The van der Waals surface area contributed by atoms with Crippen LogP contribution in [0.15, 0.2) is 54.6 Å². The fourth-order valence-corrected chi connectivity index (χ4v) is 2.52. The third kappa shape index (κ3) is 6.46. The summed E-state index contributed by atoms with van der Waals surface area (Å²) in [6, 6.07) is 15.1. The van der Waals surface area contributed by atoms with Crippen LogP contribution >= 0.6 is 0 Å². The van der Waals surface area contributed by atoms with Crippen molar-refractivity contribution in [3.63, 3.8) is 0 Å². The van der Waals surface area contributed by atoms with Crippen molar-refractivity contribution in [2.45, 2.75) is 12.8 Å². The topological polar surface area (TPSA) is 73.9 Å². The maximum Gasteiger partial charge on any atom is 0.331 e. The molecule has 1 atom stereocenters. The van der Waals surface area contributed by atoms with Gasteiger partial charge in [-0.25, -0.2) is 4.79 Å². The lowest BCUT2D eigenvalue weighted by Crippen LogP contribution is -2.31. The van der Waals surface area contributed by atoms with Crippen LogP contribution in [0.25, 0.3) is 6.08 Å². The number of hydrogen-bond acceptors (Lipinski definition) is 5. The third-order valence-corrected chi connectivity index (χ3v) is 4.16. The van der Waals surface area contributed by atoms with Gasteiger partial charge in [0, 0.05) is 24.3 Å². The molecule has 0 aromatic heterocycles. The van der Waals surface area contributed by atoms with Crippen LogP contribution < -0.4 is 14.8 Å². The van der Waals surface area contributed by atoms with Crippen LogP contribution in [0.4, 0.5) is 0 Å².